The van der Waals surface area contributed by atoms with E-state index in [1.54, 1.807) is 12.4 Å². The summed E-state index contributed by atoms with van der Waals surface area (Å²) in [7, 11) is 0. The van der Waals surface area contributed by atoms with Crippen LogP contribution in [0.5, 0.6) is 5.75 Å². The number of ether oxygens (including phenoxy) is 2. The molecule has 1 aliphatic rings. The Bertz CT molecular complexity index is 232. The first-order valence-electron chi connectivity index (χ1n) is 4.09. The van der Waals surface area contributed by atoms with Crippen molar-refractivity contribution in [3.63, 3.8) is 0 Å². The molecular weight excluding hydrogens is 154 g/mol. The first-order valence-corrected chi connectivity index (χ1v) is 4.09. The zero-order valence-electron chi connectivity index (χ0n) is 6.77. The van der Waals surface area contributed by atoms with E-state index in [-0.39, 0.29) is 6.10 Å². The number of rotatable bonds is 2. The number of hydrogen-bond donors (Lipinski definition) is 0. The highest BCUT2D eigenvalue weighted by Gasteiger charge is 2.16. The van der Waals surface area contributed by atoms with Gasteiger partial charge in [0.05, 0.1) is 19.4 Å². The second kappa shape index (κ2) is 3.54. The first kappa shape index (κ1) is 7.55. The van der Waals surface area contributed by atoms with Gasteiger partial charge in [-0.2, -0.15) is 0 Å². The van der Waals surface area contributed by atoms with Crippen molar-refractivity contribution in [1.29, 1.82) is 0 Å². The topological polar surface area (TPSA) is 31.4 Å². The minimum atomic E-state index is 0.217. The van der Waals surface area contributed by atoms with Crippen molar-refractivity contribution in [2.75, 3.05) is 13.2 Å². The Morgan fingerprint density at radius 1 is 1.58 bits per heavy atom. The molecule has 64 valence electrons. The molecular formula is C9H11NO2. The monoisotopic (exact) mass is 165 g/mol. The van der Waals surface area contributed by atoms with E-state index >= 15 is 0 Å². The van der Waals surface area contributed by atoms with Gasteiger partial charge >= 0.3 is 0 Å². The van der Waals surface area contributed by atoms with E-state index in [0.717, 1.165) is 18.8 Å². The average Bonchev–Trinajstić information content (AvgIpc) is 2.59. The average molecular weight is 165 g/mol. The summed E-state index contributed by atoms with van der Waals surface area (Å²) >= 11 is 0. The lowest BCUT2D eigenvalue weighted by molar-refractivity contribution is 0.141. The molecule has 0 N–H and O–H groups in total. The second-order valence-electron chi connectivity index (χ2n) is 2.79. The highest BCUT2D eigenvalue weighted by molar-refractivity contribution is 5.15. The molecule has 3 nitrogen and oxygen atoms in total. The molecule has 1 aromatic heterocycles. The third-order valence-corrected chi connectivity index (χ3v) is 1.83. The number of nitrogens with zero attached hydrogens (tertiary/aromatic N) is 1. The van der Waals surface area contributed by atoms with Crippen molar-refractivity contribution in [2.45, 2.75) is 12.5 Å². The van der Waals surface area contributed by atoms with Crippen molar-refractivity contribution >= 4 is 0 Å². The number of hydrogen-bond acceptors (Lipinski definition) is 3. The zero-order valence-corrected chi connectivity index (χ0v) is 6.77. The molecule has 3 heteroatoms. The van der Waals surface area contributed by atoms with Crippen molar-refractivity contribution < 1.29 is 9.47 Å². The van der Waals surface area contributed by atoms with Crippen LogP contribution in [0.4, 0.5) is 0 Å². The summed E-state index contributed by atoms with van der Waals surface area (Å²) in [6.45, 7) is 1.51. The summed E-state index contributed by atoms with van der Waals surface area (Å²) in [5.74, 6) is 0.827. The summed E-state index contributed by atoms with van der Waals surface area (Å²) in [6.07, 6.45) is 4.65. The Hall–Kier alpha value is -1.09. The van der Waals surface area contributed by atoms with E-state index in [9.17, 15) is 0 Å². The van der Waals surface area contributed by atoms with Gasteiger partial charge in [0.15, 0.2) is 0 Å². The molecule has 1 unspecified atom stereocenters. The predicted octanol–water partition coefficient (Wildman–Crippen LogP) is 1.25. The van der Waals surface area contributed by atoms with Crippen LogP contribution in [0, 0.1) is 0 Å². The molecule has 0 amide bonds. The molecule has 0 radical (unpaired) electrons. The smallest absolute Gasteiger partial charge is 0.138 e. The van der Waals surface area contributed by atoms with Gasteiger partial charge in [-0.15, -0.1) is 0 Å². The van der Waals surface area contributed by atoms with Gasteiger partial charge in [-0.25, -0.2) is 0 Å². The molecule has 2 rings (SSSR count). The van der Waals surface area contributed by atoms with Crippen LogP contribution in [-0.2, 0) is 4.74 Å². The van der Waals surface area contributed by atoms with Crippen molar-refractivity contribution in [1.82, 2.24) is 4.98 Å². The van der Waals surface area contributed by atoms with Crippen LogP contribution in [0.2, 0.25) is 0 Å². The summed E-state index contributed by atoms with van der Waals surface area (Å²) in [5, 5.41) is 0. The van der Waals surface area contributed by atoms with Crippen LogP contribution in [0.3, 0.4) is 0 Å². The largest absolute Gasteiger partial charge is 0.486 e. The third kappa shape index (κ3) is 1.74. The van der Waals surface area contributed by atoms with E-state index in [0.29, 0.717) is 6.61 Å². The van der Waals surface area contributed by atoms with Crippen LogP contribution in [0.1, 0.15) is 6.42 Å². The van der Waals surface area contributed by atoms with E-state index in [1.807, 2.05) is 12.1 Å². The van der Waals surface area contributed by atoms with Crippen molar-refractivity contribution in [3.8, 4) is 5.75 Å². The lowest BCUT2D eigenvalue weighted by Gasteiger charge is -2.10. The lowest BCUT2D eigenvalue weighted by atomic mass is 10.3. The quantitative estimate of drug-likeness (QED) is 0.660. The van der Waals surface area contributed by atoms with Gasteiger partial charge in [0, 0.05) is 12.6 Å². The van der Waals surface area contributed by atoms with Crippen LogP contribution < -0.4 is 4.74 Å². The fraction of sp³-hybridized carbons (Fsp3) is 0.444. The van der Waals surface area contributed by atoms with Crippen molar-refractivity contribution in [3.05, 3.63) is 24.5 Å². The molecule has 1 saturated heterocycles. The van der Waals surface area contributed by atoms with Crippen molar-refractivity contribution in [2.24, 2.45) is 0 Å². The Morgan fingerprint density at radius 3 is 3.25 bits per heavy atom. The van der Waals surface area contributed by atoms with Gasteiger partial charge in [-0.3, -0.25) is 4.98 Å². The minimum Gasteiger partial charge on any atom is -0.486 e. The maximum atomic E-state index is 5.59. The molecule has 1 aliphatic heterocycles. The van der Waals surface area contributed by atoms with Crippen LogP contribution >= 0.6 is 0 Å². The minimum absolute atomic E-state index is 0.217. The zero-order chi connectivity index (χ0) is 8.23. The molecule has 0 bridgehead atoms. The summed E-state index contributed by atoms with van der Waals surface area (Å²) in [4.78, 5) is 3.96. The van der Waals surface area contributed by atoms with Gasteiger partial charge in [0.1, 0.15) is 11.9 Å². The fourth-order valence-corrected chi connectivity index (χ4v) is 1.22. The molecule has 1 fully saturated rings. The lowest BCUT2D eigenvalue weighted by Crippen LogP contribution is -2.15. The molecule has 1 atom stereocenters. The van der Waals surface area contributed by atoms with E-state index in [2.05, 4.69) is 4.98 Å². The van der Waals surface area contributed by atoms with Crippen LogP contribution in [-0.4, -0.2) is 24.3 Å². The van der Waals surface area contributed by atoms with Gasteiger partial charge < -0.3 is 9.47 Å². The third-order valence-electron chi connectivity index (χ3n) is 1.83. The molecule has 2 heterocycles. The SMILES string of the molecule is c1cncc(OC2CCOC2)c1. The summed E-state index contributed by atoms with van der Waals surface area (Å²) in [6, 6.07) is 3.77. The molecule has 0 aliphatic carbocycles. The molecule has 0 aromatic carbocycles. The van der Waals surface area contributed by atoms with Gasteiger partial charge in [0.2, 0.25) is 0 Å². The standard InChI is InChI=1S/C9H11NO2/c1-2-8(6-10-4-1)12-9-3-5-11-7-9/h1-2,4,6,9H,3,5,7H2. The van der Waals surface area contributed by atoms with Gasteiger partial charge in [0.25, 0.3) is 0 Å². The highest BCUT2D eigenvalue weighted by Crippen LogP contribution is 2.14. The van der Waals surface area contributed by atoms with E-state index < -0.39 is 0 Å². The highest BCUT2D eigenvalue weighted by atomic mass is 16.5. The summed E-state index contributed by atoms with van der Waals surface area (Å²) in [5.41, 5.74) is 0. The Morgan fingerprint density at radius 2 is 2.58 bits per heavy atom. The van der Waals surface area contributed by atoms with Crippen LogP contribution in [0.25, 0.3) is 0 Å². The predicted molar refractivity (Wildman–Crippen MR) is 44.1 cm³/mol. The molecule has 12 heavy (non-hydrogen) atoms. The molecule has 1 aromatic rings. The normalized spacial score (nSPS) is 22.5. The Labute approximate surface area is 71.3 Å². The Kier molecular flexibility index (Phi) is 2.23. The second-order valence-corrected chi connectivity index (χ2v) is 2.79. The maximum absolute atomic E-state index is 5.59. The molecule has 0 spiro atoms. The number of pyridine rings is 1. The fourth-order valence-electron chi connectivity index (χ4n) is 1.22. The van der Waals surface area contributed by atoms with E-state index in [4.69, 9.17) is 9.47 Å². The van der Waals surface area contributed by atoms with Gasteiger partial charge in [-0.05, 0) is 12.1 Å². The van der Waals surface area contributed by atoms with E-state index in [1.165, 1.54) is 0 Å². The molecule has 0 saturated carbocycles. The maximum Gasteiger partial charge on any atom is 0.138 e. The van der Waals surface area contributed by atoms with Gasteiger partial charge in [-0.1, -0.05) is 0 Å². The first-order chi connectivity index (χ1) is 5.95. The van der Waals surface area contributed by atoms with Crippen LogP contribution in [0.15, 0.2) is 24.5 Å². The summed E-state index contributed by atoms with van der Waals surface area (Å²) < 4.78 is 10.8. The Balaban J connectivity index is 1.94. The number of aromatic nitrogens is 1.